The number of hydrogen-bond donors (Lipinski definition) is 3. The van der Waals surface area contributed by atoms with Gasteiger partial charge in [-0.2, -0.15) is 0 Å². The minimum absolute atomic E-state index is 0.302. The van der Waals surface area contributed by atoms with Crippen molar-refractivity contribution in [3.05, 3.63) is 34.9 Å². The van der Waals surface area contributed by atoms with Gasteiger partial charge in [-0.05, 0) is 24.6 Å². The zero-order chi connectivity index (χ0) is 12.8. The molecule has 92 valence electrons. The van der Waals surface area contributed by atoms with Crippen LogP contribution in [0, 0.1) is 0 Å². The molecule has 0 saturated carbocycles. The number of halogens is 1. The molecule has 0 heterocycles. The van der Waals surface area contributed by atoms with Crippen molar-refractivity contribution in [3.8, 4) is 0 Å². The summed E-state index contributed by atoms with van der Waals surface area (Å²) in [6.45, 7) is 1.91. The topological polar surface area (TPSA) is 84.2 Å². The highest BCUT2D eigenvalue weighted by Crippen LogP contribution is 2.10. The molecule has 1 rings (SSSR count). The van der Waals surface area contributed by atoms with Gasteiger partial charge in [0.1, 0.15) is 6.04 Å². The summed E-state index contributed by atoms with van der Waals surface area (Å²) in [5, 5.41) is 5.57. The average molecular weight is 256 g/mol. The summed E-state index contributed by atoms with van der Waals surface area (Å²) in [7, 11) is 0. The van der Waals surface area contributed by atoms with Gasteiger partial charge in [-0.15, -0.1) is 0 Å². The van der Waals surface area contributed by atoms with Crippen LogP contribution < -0.4 is 16.4 Å². The van der Waals surface area contributed by atoms with Gasteiger partial charge in [0, 0.05) is 11.6 Å². The zero-order valence-corrected chi connectivity index (χ0v) is 10.1. The molecule has 0 radical (unpaired) electrons. The largest absolute Gasteiger partial charge is 0.352 e. The Balaban J connectivity index is 2.45. The van der Waals surface area contributed by atoms with Crippen LogP contribution in [0.5, 0.6) is 0 Å². The minimum atomic E-state index is -0.726. The first-order valence-electron chi connectivity index (χ1n) is 5.07. The Kier molecular flexibility index (Phi) is 4.78. The Bertz CT molecular complexity index is 423. The van der Waals surface area contributed by atoms with Crippen molar-refractivity contribution in [2.45, 2.75) is 19.5 Å². The molecular weight excluding hydrogens is 242 g/mol. The highest BCUT2D eigenvalue weighted by atomic mass is 35.5. The SMILES string of the molecule is CC(NC(N)=O)C(=O)NCc1cccc(Cl)c1. The molecule has 4 N–H and O–H groups in total. The van der Waals surface area contributed by atoms with E-state index in [1.54, 1.807) is 25.1 Å². The number of carbonyl (C=O) groups is 2. The van der Waals surface area contributed by atoms with Crippen molar-refractivity contribution < 1.29 is 9.59 Å². The maximum absolute atomic E-state index is 11.5. The zero-order valence-electron chi connectivity index (χ0n) is 9.37. The lowest BCUT2D eigenvalue weighted by molar-refractivity contribution is -0.122. The molecule has 1 aromatic rings. The molecule has 0 aliphatic rings. The molecule has 6 heteroatoms. The van der Waals surface area contributed by atoms with Crippen LogP contribution in [0.25, 0.3) is 0 Å². The second-order valence-electron chi connectivity index (χ2n) is 3.58. The first kappa shape index (κ1) is 13.3. The van der Waals surface area contributed by atoms with Crippen LogP contribution in [0.1, 0.15) is 12.5 Å². The van der Waals surface area contributed by atoms with Gasteiger partial charge in [0.2, 0.25) is 5.91 Å². The monoisotopic (exact) mass is 255 g/mol. The molecule has 5 nitrogen and oxygen atoms in total. The summed E-state index contributed by atoms with van der Waals surface area (Å²) in [5.74, 6) is -0.302. The Hall–Kier alpha value is -1.75. The first-order valence-corrected chi connectivity index (χ1v) is 5.45. The van der Waals surface area contributed by atoms with E-state index in [0.29, 0.717) is 11.6 Å². The van der Waals surface area contributed by atoms with Crippen LogP contribution in [0.2, 0.25) is 5.02 Å². The number of nitrogens with two attached hydrogens (primary N) is 1. The molecule has 0 spiro atoms. The molecule has 0 bridgehead atoms. The van der Waals surface area contributed by atoms with Crippen LogP contribution in [0.3, 0.4) is 0 Å². The van der Waals surface area contributed by atoms with Crippen molar-refractivity contribution in [3.63, 3.8) is 0 Å². The van der Waals surface area contributed by atoms with Gasteiger partial charge >= 0.3 is 6.03 Å². The Morgan fingerprint density at radius 3 is 2.76 bits per heavy atom. The average Bonchev–Trinajstić information content (AvgIpc) is 2.25. The van der Waals surface area contributed by atoms with E-state index >= 15 is 0 Å². The molecule has 0 aliphatic carbocycles. The predicted octanol–water partition coefficient (Wildman–Crippen LogP) is 1.01. The number of rotatable bonds is 4. The Morgan fingerprint density at radius 2 is 2.18 bits per heavy atom. The van der Waals surface area contributed by atoms with Gasteiger partial charge in [0.05, 0.1) is 0 Å². The lowest BCUT2D eigenvalue weighted by Crippen LogP contribution is -2.46. The van der Waals surface area contributed by atoms with E-state index in [-0.39, 0.29) is 5.91 Å². The van der Waals surface area contributed by atoms with E-state index in [4.69, 9.17) is 17.3 Å². The lowest BCUT2D eigenvalue weighted by atomic mass is 10.2. The van der Waals surface area contributed by atoms with Crippen LogP contribution in [0.4, 0.5) is 4.79 Å². The van der Waals surface area contributed by atoms with Crippen molar-refractivity contribution in [2.24, 2.45) is 5.73 Å². The van der Waals surface area contributed by atoms with E-state index < -0.39 is 12.1 Å². The minimum Gasteiger partial charge on any atom is -0.352 e. The fraction of sp³-hybridized carbons (Fsp3) is 0.273. The van der Waals surface area contributed by atoms with Crippen LogP contribution >= 0.6 is 11.6 Å². The van der Waals surface area contributed by atoms with Gasteiger partial charge in [0.15, 0.2) is 0 Å². The summed E-state index contributed by atoms with van der Waals surface area (Å²) in [6.07, 6.45) is 0. The second-order valence-corrected chi connectivity index (χ2v) is 4.01. The maximum Gasteiger partial charge on any atom is 0.312 e. The molecule has 0 fully saturated rings. The second kappa shape index (κ2) is 6.10. The smallest absolute Gasteiger partial charge is 0.312 e. The number of carbonyl (C=O) groups excluding carboxylic acids is 2. The van der Waals surface area contributed by atoms with Crippen LogP contribution in [-0.2, 0) is 11.3 Å². The van der Waals surface area contributed by atoms with Gasteiger partial charge in [0.25, 0.3) is 0 Å². The lowest BCUT2D eigenvalue weighted by Gasteiger charge is -2.12. The Morgan fingerprint density at radius 1 is 1.47 bits per heavy atom. The van der Waals surface area contributed by atoms with E-state index in [9.17, 15) is 9.59 Å². The quantitative estimate of drug-likeness (QED) is 0.750. The van der Waals surface area contributed by atoms with Crippen molar-refractivity contribution in [2.75, 3.05) is 0 Å². The normalized spacial score (nSPS) is 11.6. The molecule has 3 amide bonds. The molecule has 0 saturated heterocycles. The number of amides is 3. The third kappa shape index (κ3) is 4.74. The van der Waals surface area contributed by atoms with Crippen molar-refractivity contribution in [1.29, 1.82) is 0 Å². The fourth-order valence-electron chi connectivity index (χ4n) is 1.27. The van der Waals surface area contributed by atoms with Crippen LogP contribution in [-0.4, -0.2) is 18.0 Å². The predicted molar refractivity (Wildman–Crippen MR) is 65.5 cm³/mol. The number of urea groups is 1. The summed E-state index contributed by atoms with van der Waals surface area (Å²) in [6, 6.07) is 5.77. The molecule has 1 atom stereocenters. The van der Waals surface area contributed by atoms with Crippen molar-refractivity contribution >= 4 is 23.5 Å². The number of nitrogens with one attached hydrogen (secondary N) is 2. The molecule has 1 unspecified atom stereocenters. The summed E-state index contributed by atoms with van der Waals surface area (Å²) in [5.41, 5.74) is 5.80. The van der Waals surface area contributed by atoms with E-state index in [1.165, 1.54) is 0 Å². The van der Waals surface area contributed by atoms with E-state index in [0.717, 1.165) is 5.56 Å². The summed E-state index contributed by atoms with van der Waals surface area (Å²) >= 11 is 5.81. The van der Waals surface area contributed by atoms with E-state index in [1.807, 2.05) is 6.07 Å². The molecule has 17 heavy (non-hydrogen) atoms. The number of hydrogen-bond acceptors (Lipinski definition) is 2. The third-order valence-electron chi connectivity index (χ3n) is 2.11. The van der Waals surface area contributed by atoms with Gasteiger partial charge < -0.3 is 16.4 Å². The molecule has 0 aromatic heterocycles. The molecule has 1 aromatic carbocycles. The molecular formula is C11H14ClN3O2. The summed E-state index contributed by atoms with van der Waals surface area (Å²) < 4.78 is 0. The van der Waals surface area contributed by atoms with Crippen LogP contribution in [0.15, 0.2) is 24.3 Å². The number of primary amides is 1. The maximum atomic E-state index is 11.5. The fourth-order valence-corrected chi connectivity index (χ4v) is 1.48. The van der Waals surface area contributed by atoms with E-state index in [2.05, 4.69) is 10.6 Å². The highest BCUT2D eigenvalue weighted by Gasteiger charge is 2.13. The van der Waals surface area contributed by atoms with Gasteiger partial charge in [-0.1, -0.05) is 23.7 Å². The standard InChI is InChI=1S/C11H14ClN3O2/c1-7(15-11(13)17)10(16)14-6-8-3-2-4-9(12)5-8/h2-5,7H,6H2,1H3,(H,14,16)(H3,13,15,17). The van der Waals surface area contributed by atoms with Crippen molar-refractivity contribution in [1.82, 2.24) is 10.6 Å². The Labute approximate surface area is 104 Å². The third-order valence-corrected chi connectivity index (χ3v) is 2.34. The van der Waals surface area contributed by atoms with Gasteiger partial charge in [-0.25, -0.2) is 4.79 Å². The molecule has 0 aliphatic heterocycles. The highest BCUT2D eigenvalue weighted by molar-refractivity contribution is 6.30. The first-order chi connectivity index (χ1) is 7.99. The summed E-state index contributed by atoms with van der Waals surface area (Å²) in [4.78, 5) is 22.1. The number of benzene rings is 1. The van der Waals surface area contributed by atoms with Gasteiger partial charge in [-0.3, -0.25) is 4.79 Å².